The fraction of sp³-hybridized carbons (Fsp3) is 0.357. The molecule has 19 heavy (non-hydrogen) atoms. The molecule has 2 aromatic heterocycles. The summed E-state index contributed by atoms with van der Waals surface area (Å²) in [6.45, 7) is 2.83. The Labute approximate surface area is 117 Å². The molecule has 0 unspecified atom stereocenters. The molecule has 0 spiro atoms. The number of hydrogen-bond donors (Lipinski definition) is 0. The van der Waals surface area contributed by atoms with Crippen LogP contribution in [0.2, 0.25) is 0 Å². The summed E-state index contributed by atoms with van der Waals surface area (Å²) < 4.78 is 0. The Morgan fingerprint density at radius 1 is 1.32 bits per heavy atom. The summed E-state index contributed by atoms with van der Waals surface area (Å²) in [5.74, 6) is 0.618. The Hall–Kier alpha value is -1.75. The largest absolute Gasteiger partial charge is 0.291 e. The van der Waals surface area contributed by atoms with Gasteiger partial charge in [-0.15, -0.1) is 11.3 Å². The first kappa shape index (κ1) is 13.7. The molecule has 2 heterocycles. The highest BCUT2D eigenvalue weighted by Crippen LogP contribution is 2.15. The van der Waals surface area contributed by atoms with Crippen molar-refractivity contribution in [2.45, 2.75) is 26.2 Å². The maximum atomic E-state index is 12.4. The average molecular weight is 275 g/mol. The number of pyridine rings is 1. The predicted molar refractivity (Wildman–Crippen MR) is 77.6 cm³/mol. The first-order valence-corrected chi connectivity index (χ1v) is 7.38. The van der Waals surface area contributed by atoms with Gasteiger partial charge in [-0.2, -0.15) is 0 Å². The minimum absolute atomic E-state index is 0.0731. The van der Waals surface area contributed by atoms with Gasteiger partial charge in [0.25, 0.3) is 5.91 Å². The summed E-state index contributed by atoms with van der Waals surface area (Å²) in [6.07, 6.45) is 4.91. The van der Waals surface area contributed by atoms with E-state index in [2.05, 4.69) is 16.9 Å². The van der Waals surface area contributed by atoms with E-state index >= 15 is 0 Å². The van der Waals surface area contributed by atoms with Gasteiger partial charge in [-0.25, -0.2) is 9.97 Å². The van der Waals surface area contributed by atoms with Crippen LogP contribution < -0.4 is 4.90 Å². The van der Waals surface area contributed by atoms with Crippen LogP contribution in [0.5, 0.6) is 0 Å². The van der Waals surface area contributed by atoms with Gasteiger partial charge in [0.15, 0.2) is 0 Å². The second-order valence-corrected chi connectivity index (χ2v) is 4.94. The van der Waals surface area contributed by atoms with Crippen LogP contribution in [0.4, 0.5) is 5.82 Å². The molecule has 0 bridgehead atoms. The van der Waals surface area contributed by atoms with E-state index < -0.39 is 0 Å². The zero-order valence-corrected chi connectivity index (χ0v) is 11.8. The Bertz CT molecular complexity index is 499. The number of carbonyl (C=O) groups is 1. The fourth-order valence-electron chi connectivity index (χ4n) is 1.81. The SMILES string of the molecule is CCCCCN(C(=O)c1cscn1)c1ccccn1. The van der Waals surface area contributed by atoms with Gasteiger partial charge in [-0.3, -0.25) is 9.69 Å². The highest BCUT2D eigenvalue weighted by molar-refractivity contribution is 7.07. The number of unbranched alkanes of at least 4 members (excludes halogenated alkanes) is 2. The number of aromatic nitrogens is 2. The van der Waals surface area contributed by atoms with Gasteiger partial charge in [0.05, 0.1) is 5.51 Å². The van der Waals surface area contributed by atoms with Gasteiger partial charge in [0.2, 0.25) is 0 Å². The number of amides is 1. The summed E-state index contributed by atoms with van der Waals surface area (Å²) >= 11 is 1.43. The van der Waals surface area contributed by atoms with Gasteiger partial charge < -0.3 is 0 Å². The van der Waals surface area contributed by atoms with Crippen LogP contribution in [-0.4, -0.2) is 22.4 Å². The van der Waals surface area contributed by atoms with E-state index in [1.807, 2.05) is 18.2 Å². The highest BCUT2D eigenvalue weighted by atomic mass is 32.1. The summed E-state index contributed by atoms with van der Waals surface area (Å²) in [4.78, 5) is 22.5. The van der Waals surface area contributed by atoms with Crippen molar-refractivity contribution >= 4 is 23.1 Å². The van der Waals surface area contributed by atoms with Gasteiger partial charge in [0.1, 0.15) is 11.5 Å². The summed E-state index contributed by atoms with van der Waals surface area (Å²) in [7, 11) is 0. The lowest BCUT2D eigenvalue weighted by molar-refractivity contribution is 0.0981. The number of anilines is 1. The number of thiazole rings is 1. The fourth-order valence-corrected chi connectivity index (χ4v) is 2.34. The van der Waals surface area contributed by atoms with Crippen LogP contribution in [0.3, 0.4) is 0 Å². The summed E-state index contributed by atoms with van der Waals surface area (Å²) in [6, 6.07) is 5.60. The number of hydrogen-bond acceptors (Lipinski definition) is 4. The molecule has 2 aromatic rings. The van der Waals surface area contributed by atoms with Crippen molar-refractivity contribution in [3.8, 4) is 0 Å². The van der Waals surface area contributed by atoms with E-state index in [0.29, 0.717) is 18.1 Å². The monoisotopic (exact) mass is 275 g/mol. The third-order valence-corrected chi connectivity index (χ3v) is 3.39. The second kappa shape index (κ2) is 6.99. The Kier molecular flexibility index (Phi) is 5.03. The van der Waals surface area contributed by atoms with Crippen molar-refractivity contribution in [1.29, 1.82) is 0 Å². The molecular weight excluding hydrogens is 258 g/mol. The molecule has 1 amide bonds. The van der Waals surface area contributed by atoms with Crippen LogP contribution in [0.25, 0.3) is 0 Å². The molecule has 0 aliphatic heterocycles. The Morgan fingerprint density at radius 2 is 2.21 bits per heavy atom. The Balaban J connectivity index is 2.17. The molecular formula is C14H17N3OS. The van der Waals surface area contributed by atoms with Gasteiger partial charge in [-0.05, 0) is 18.6 Å². The average Bonchev–Trinajstić information content (AvgIpc) is 2.98. The van der Waals surface area contributed by atoms with E-state index in [0.717, 1.165) is 19.3 Å². The lowest BCUT2D eigenvalue weighted by Gasteiger charge is -2.20. The molecule has 5 heteroatoms. The Morgan fingerprint density at radius 3 is 2.84 bits per heavy atom. The molecule has 0 saturated carbocycles. The van der Waals surface area contributed by atoms with Crippen LogP contribution in [0, 0.1) is 0 Å². The van der Waals surface area contributed by atoms with Crippen molar-refractivity contribution in [3.63, 3.8) is 0 Å². The predicted octanol–water partition coefficient (Wildman–Crippen LogP) is 3.38. The molecule has 0 fully saturated rings. The van der Waals surface area contributed by atoms with Crippen molar-refractivity contribution in [2.75, 3.05) is 11.4 Å². The zero-order chi connectivity index (χ0) is 13.5. The quantitative estimate of drug-likeness (QED) is 0.759. The third kappa shape index (κ3) is 3.61. The molecule has 2 rings (SSSR count). The molecule has 0 N–H and O–H groups in total. The first-order chi connectivity index (χ1) is 9.33. The van der Waals surface area contributed by atoms with Crippen molar-refractivity contribution in [3.05, 3.63) is 41.0 Å². The van der Waals surface area contributed by atoms with E-state index in [9.17, 15) is 4.79 Å². The van der Waals surface area contributed by atoms with Crippen LogP contribution in [-0.2, 0) is 0 Å². The minimum atomic E-state index is -0.0731. The minimum Gasteiger partial charge on any atom is -0.291 e. The molecule has 100 valence electrons. The van der Waals surface area contributed by atoms with E-state index in [-0.39, 0.29) is 5.91 Å². The smallest absolute Gasteiger partial charge is 0.278 e. The van der Waals surface area contributed by atoms with Crippen molar-refractivity contribution in [1.82, 2.24) is 9.97 Å². The number of nitrogens with zero attached hydrogens (tertiary/aromatic N) is 3. The molecule has 0 atom stereocenters. The van der Waals surface area contributed by atoms with Gasteiger partial charge in [-0.1, -0.05) is 25.8 Å². The van der Waals surface area contributed by atoms with Crippen molar-refractivity contribution in [2.24, 2.45) is 0 Å². The third-order valence-electron chi connectivity index (χ3n) is 2.81. The maximum absolute atomic E-state index is 12.4. The van der Waals surface area contributed by atoms with E-state index in [1.165, 1.54) is 11.3 Å². The molecule has 0 aliphatic carbocycles. The van der Waals surface area contributed by atoms with Crippen LogP contribution in [0.1, 0.15) is 36.7 Å². The van der Waals surface area contributed by atoms with Gasteiger partial charge in [0, 0.05) is 18.1 Å². The molecule has 0 radical (unpaired) electrons. The maximum Gasteiger partial charge on any atom is 0.278 e. The highest BCUT2D eigenvalue weighted by Gasteiger charge is 2.19. The molecule has 0 aliphatic rings. The zero-order valence-electron chi connectivity index (χ0n) is 11.0. The van der Waals surface area contributed by atoms with E-state index in [4.69, 9.17) is 0 Å². The van der Waals surface area contributed by atoms with E-state index in [1.54, 1.807) is 22.0 Å². The van der Waals surface area contributed by atoms with Crippen molar-refractivity contribution < 1.29 is 4.79 Å². The number of rotatable bonds is 6. The lowest BCUT2D eigenvalue weighted by atomic mass is 10.2. The second-order valence-electron chi connectivity index (χ2n) is 4.23. The molecule has 4 nitrogen and oxygen atoms in total. The van der Waals surface area contributed by atoms with Gasteiger partial charge >= 0.3 is 0 Å². The molecule has 0 aromatic carbocycles. The number of carbonyl (C=O) groups excluding carboxylic acids is 1. The first-order valence-electron chi connectivity index (χ1n) is 6.44. The molecule has 0 saturated heterocycles. The topological polar surface area (TPSA) is 46.1 Å². The standard InChI is InChI=1S/C14H17N3OS/c1-2-3-6-9-17(13-7-4-5-8-15-13)14(18)12-10-19-11-16-12/h4-5,7-8,10-11H,2-3,6,9H2,1H3. The lowest BCUT2D eigenvalue weighted by Crippen LogP contribution is -2.32. The van der Waals surface area contributed by atoms with Crippen LogP contribution in [0.15, 0.2) is 35.3 Å². The van der Waals surface area contributed by atoms with Crippen LogP contribution >= 0.6 is 11.3 Å². The summed E-state index contributed by atoms with van der Waals surface area (Å²) in [5.41, 5.74) is 2.17. The summed E-state index contributed by atoms with van der Waals surface area (Å²) in [5, 5.41) is 1.78. The normalized spacial score (nSPS) is 10.4.